The fourth-order valence-electron chi connectivity index (χ4n) is 1.70. The summed E-state index contributed by atoms with van der Waals surface area (Å²) in [7, 11) is 0. The number of nitrogens with one attached hydrogen (secondary N) is 1. The van der Waals surface area contributed by atoms with Crippen molar-refractivity contribution in [1.82, 2.24) is 5.32 Å². The fraction of sp³-hybridized carbons (Fsp3) is 0.900. The van der Waals surface area contributed by atoms with Crippen LogP contribution in [0.5, 0.6) is 0 Å². The normalized spacial score (nSPS) is 28.9. The minimum absolute atomic E-state index is 0.103. The summed E-state index contributed by atoms with van der Waals surface area (Å²) in [5.74, 6) is 0.741. The molecule has 3 heteroatoms. The maximum Gasteiger partial charge on any atom is 0.236 e. The molecule has 76 valence electrons. The molecule has 1 N–H and O–H groups in total. The van der Waals surface area contributed by atoms with Crippen LogP contribution in [0.25, 0.3) is 0 Å². The Morgan fingerprint density at radius 1 is 1.46 bits per heavy atom. The van der Waals surface area contributed by atoms with Crippen molar-refractivity contribution in [2.75, 3.05) is 0 Å². The molecule has 2 nitrogen and oxygen atoms in total. The number of carbonyl (C=O) groups is 1. The molecular formula is C10H18BrNO. The fourth-order valence-corrected chi connectivity index (χ4v) is 1.81. The van der Waals surface area contributed by atoms with Gasteiger partial charge < -0.3 is 5.32 Å². The zero-order valence-electron chi connectivity index (χ0n) is 8.56. The SMILES string of the molecule is CC1CCCC1NC(=O)C(C)(C)Br. The predicted octanol–water partition coefficient (Wildman–Crippen LogP) is 2.46. The van der Waals surface area contributed by atoms with Gasteiger partial charge in [0.25, 0.3) is 0 Å². The summed E-state index contributed by atoms with van der Waals surface area (Å²) >= 11 is 3.36. The second kappa shape index (κ2) is 3.99. The molecule has 0 aromatic rings. The average molecular weight is 248 g/mol. The van der Waals surface area contributed by atoms with Crippen molar-refractivity contribution in [2.24, 2.45) is 5.92 Å². The van der Waals surface area contributed by atoms with E-state index >= 15 is 0 Å². The molecule has 0 heterocycles. The summed E-state index contributed by atoms with van der Waals surface area (Å²) in [5, 5.41) is 3.08. The van der Waals surface area contributed by atoms with Gasteiger partial charge in [-0.3, -0.25) is 4.79 Å². The van der Waals surface area contributed by atoms with Crippen LogP contribution in [-0.2, 0) is 4.79 Å². The highest BCUT2D eigenvalue weighted by molar-refractivity contribution is 9.10. The van der Waals surface area contributed by atoms with Crippen LogP contribution in [-0.4, -0.2) is 16.3 Å². The molecule has 2 atom stereocenters. The molecule has 1 aliphatic rings. The van der Waals surface area contributed by atoms with Crippen molar-refractivity contribution in [3.05, 3.63) is 0 Å². The summed E-state index contributed by atoms with van der Waals surface area (Å²) < 4.78 is -0.435. The molecule has 0 bridgehead atoms. The van der Waals surface area contributed by atoms with E-state index in [1.807, 2.05) is 13.8 Å². The lowest BCUT2D eigenvalue weighted by Crippen LogP contribution is -2.44. The van der Waals surface area contributed by atoms with Crippen LogP contribution in [0.4, 0.5) is 0 Å². The molecule has 0 radical (unpaired) electrons. The van der Waals surface area contributed by atoms with Gasteiger partial charge in [0.1, 0.15) is 0 Å². The highest BCUT2D eigenvalue weighted by Gasteiger charge is 2.30. The maximum absolute atomic E-state index is 11.6. The molecule has 0 spiro atoms. The van der Waals surface area contributed by atoms with Crippen molar-refractivity contribution in [2.45, 2.75) is 50.4 Å². The van der Waals surface area contributed by atoms with Gasteiger partial charge in [0, 0.05) is 6.04 Å². The Labute approximate surface area is 88.6 Å². The molecule has 1 amide bonds. The van der Waals surface area contributed by atoms with Crippen molar-refractivity contribution in [1.29, 1.82) is 0 Å². The molecule has 1 fully saturated rings. The number of rotatable bonds is 2. The zero-order valence-corrected chi connectivity index (χ0v) is 10.1. The van der Waals surface area contributed by atoms with E-state index in [1.54, 1.807) is 0 Å². The van der Waals surface area contributed by atoms with Crippen molar-refractivity contribution < 1.29 is 4.79 Å². The molecular weight excluding hydrogens is 230 g/mol. The van der Waals surface area contributed by atoms with Crippen LogP contribution < -0.4 is 5.32 Å². The highest BCUT2D eigenvalue weighted by atomic mass is 79.9. The van der Waals surface area contributed by atoms with E-state index in [9.17, 15) is 4.79 Å². The lowest BCUT2D eigenvalue weighted by molar-refractivity contribution is -0.123. The van der Waals surface area contributed by atoms with Crippen LogP contribution in [0.1, 0.15) is 40.0 Å². The number of alkyl halides is 1. The van der Waals surface area contributed by atoms with Gasteiger partial charge in [-0.25, -0.2) is 0 Å². The molecule has 0 saturated heterocycles. The lowest BCUT2D eigenvalue weighted by atomic mass is 10.1. The van der Waals surface area contributed by atoms with Crippen LogP contribution in [0.15, 0.2) is 0 Å². The van der Waals surface area contributed by atoms with Crippen molar-refractivity contribution in [3.63, 3.8) is 0 Å². The first-order chi connectivity index (χ1) is 5.91. The van der Waals surface area contributed by atoms with Crippen LogP contribution in [0, 0.1) is 5.92 Å². The number of halogens is 1. The Morgan fingerprint density at radius 3 is 2.46 bits per heavy atom. The Morgan fingerprint density at radius 2 is 2.08 bits per heavy atom. The number of carbonyl (C=O) groups excluding carboxylic acids is 1. The summed E-state index contributed by atoms with van der Waals surface area (Å²) in [6.45, 7) is 5.96. The van der Waals surface area contributed by atoms with Gasteiger partial charge in [0.05, 0.1) is 4.32 Å². The first-order valence-corrected chi connectivity index (χ1v) is 5.70. The van der Waals surface area contributed by atoms with Gasteiger partial charge in [-0.05, 0) is 32.6 Å². The standard InChI is InChI=1S/C10H18BrNO/c1-7-5-4-6-8(7)12-9(13)10(2,3)11/h7-8H,4-6H2,1-3H3,(H,12,13). The van der Waals surface area contributed by atoms with E-state index in [0.717, 1.165) is 6.42 Å². The number of amides is 1. The molecule has 0 aromatic heterocycles. The first-order valence-electron chi connectivity index (χ1n) is 4.91. The van der Waals surface area contributed by atoms with Crippen LogP contribution >= 0.6 is 15.9 Å². The Kier molecular flexibility index (Phi) is 3.38. The van der Waals surface area contributed by atoms with E-state index < -0.39 is 4.32 Å². The monoisotopic (exact) mass is 247 g/mol. The number of hydrogen-bond acceptors (Lipinski definition) is 1. The molecule has 1 aliphatic carbocycles. The van der Waals surface area contributed by atoms with Crippen molar-refractivity contribution >= 4 is 21.8 Å². The van der Waals surface area contributed by atoms with Gasteiger partial charge in [0.2, 0.25) is 5.91 Å². The van der Waals surface area contributed by atoms with E-state index in [1.165, 1.54) is 12.8 Å². The highest BCUT2D eigenvalue weighted by Crippen LogP contribution is 2.26. The second-order valence-electron chi connectivity index (χ2n) is 4.46. The molecule has 0 aromatic carbocycles. The Balaban J connectivity index is 2.45. The molecule has 13 heavy (non-hydrogen) atoms. The largest absolute Gasteiger partial charge is 0.352 e. The van der Waals surface area contributed by atoms with Gasteiger partial charge in [-0.1, -0.05) is 29.3 Å². The number of hydrogen-bond donors (Lipinski definition) is 1. The van der Waals surface area contributed by atoms with Crippen molar-refractivity contribution in [3.8, 4) is 0 Å². The summed E-state index contributed by atoms with van der Waals surface area (Å²) in [6.07, 6.45) is 3.62. The van der Waals surface area contributed by atoms with E-state index in [4.69, 9.17) is 0 Å². The van der Waals surface area contributed by atoms with Gasteiger partial charge in [-0.2, -0.15) is 0 Å². The third kappa shape index (κ3) is 2.97. The zero-order chi connectivity index (χ0) is 10.1. The predicted molar refractivity (Wildman–Crippen MR) is 58.0 cm³/mol. The minimum atomic E-state index is -0.435. The summed E-state index contributed by atoms with van der Waals surface area (Å²) in [6, 6.07) is 0.393. The Hall–Kier alpha value is -0.0500. The second-order valence-corrected chi connectivity index (χ2v) is 6.44. The molecule has 0 aliphatic heterocycles. The van der Waals surface area contributed by atoms with E-state index in [-0.39, 0.29) is 5.91 Å². The average Bonchev–Trinajstić information content (AvgIpc) is 2.34. The van der Waals surface area contributed by atoms with Gasteiger partial charge >= 0.3 is 0 Å². The smallest absolute Gasteiger partial charge is 0.236 e. The molecule has 1 rings (SSSR count). The Bertz CT molecular complexity index is 198. The quantitative estimate of drug-likeness (QED) is 0.747. The summed E-state index contributed by atoms with van der Waals surface area (Å²) in [4.78, 5) is 11.6. The third-order valence-electron chi connectivity index (χ3n) is 2.72. The topological polar surface area (TPSA) is 29.1 Å². The van der Waals surface area contributed by atoms with E-state index in [0.29, 0.717) is 12.0 Å². The third-order valence-corrected chi connectivity index (χ3v) is 3.08. The first kappa shape index (κ1) is 11.0. The summed E-state index contributed by atoms with van der Waals surface area (Å²) in [5.41, 5.74) is 0. The van der Waals surface area contributed by atoms with Crippen LogP contribution in [0.3, 0.4) is 0 Å². The van der Waals surface area contributed by atoms with Gasteiger partial charge in [0.15, 0.2) is 0 Å². The minimum Gasteiger partial charge on any atom is -0.352 e. The lowest BCUT2D eigenvalue weighted by Gasteiger charge is -2.22. The van der Waals surface area contributed by atoms with E-state index in [2.05, 4.69) is 28.2 Å². The van der Waals surface area contributed by atoms with Gasteiger partial charge in [-0.15, -0.1) is 0 Å². The van der Waals surface area contributed by atoms with Crippen LogP contribution in [0.2, 0.25) is 0 Å². The maximum atomic E-state index is 11.6. The molecule has 1 saturated carbocycles. The molecule has 2 unspecified atom stereocenters.